The number of aliphatic hydroxyl groups is 2. The van der Waals surface area contributed by atoms with Crippen molar-refractivity contribution in [1.29, 1.82) is 5.26 Å². The van der Waals surface area contributed by atoms with E-state index in [-0.39, 0.29) is 19.8 Å². The number of benzene rings is 4. The van der Waals surface area contributed by atoms with Gasteiger partial charge in [0, 0.05) is 29.7 Å². The third kappa shape index (κ3) is 7.19. The fourth-order valence-corrected chi connectivity index (χ4v) is 7.16. The van der Waals surface area contributed by atoms with Gasteiger partial charge in [-0.05, 0) is 80.6 Å². The lowest BCUT2D eigenvalue weighted by molar-refractivity contribution is -0.0710. The number of ether oxygens (including phenoxy) is 4. The van der Waals surface area contributed by atoms with Gasteiger partial charge in [-0.1, -0.05) is 24.3 Å². The van der Waals surface area contributed by atoms with Crippen molar-refractivity contribution in [2.75, 3.05) is 27.4 Å². The normalized spacial score (nSPS) is 15.9. The number of amides is 1. The molecule has 7 rings (SSSR count). The van der Waals surface area contributed by atoms with Crippen molar-refractivity contribution in [3.05, 3.63) is 89.1 Å². The zero-order valence-electron chi connectivity index (χ0n) is 31.6. The highest BCUT2D eigenvalue weighted by atomic mass is 16.6. The van der Waals surface area contributed by atoms with E-state index in [4.69, 9.17) is 33.4 Å². The second kappa shape index (κ2) is 15.1. The van der Waals surface area contributed by atoms with Gasteiger partial charge in [0.05, 0.1) is 74.7 Å². The van der Waals surface area contributed by atoms with Crippen LogP contribution in [0.2, 0.25) is 0 Å². The Bertz CT molecular complexity index is 2410. The van der Waals surface area contributed by atoms with Crippen LogP contribution in [0.3, 0.4) is 0 Å². The Hall–Kier alpha value is -5.94. The van der Waals surface area contributed by atoms with Crippen LogP contribution in [0.15, 0.2) is 71.3 Å². The topological polar surface area (TPSA) is 165 Å². The zero-order chi connectivity index (χ0) is 39.0. The number of hydrogen-bond donors (Lipinski definition) is 2. The average Bonchev–Trinajstić information content (AvgIpc) is 3.81. The molecule has 13 heteroatoms. The molecule has 0 bridgehead atoms. The summed E-state index contributed by atoms with van der Waals surface area (Å²) in [4.78, 5) is 19.8. The van der Waals surface area contributed by atoms with Gasteiger partial charge in [0.2, 0.25) is 5.89 Å². The Labute approximate surface area is 318 Å². The van der Waals surface area contributed by atoms with Crippen molar-refractivity contribution in [3.63, 3.8) is 0 Å². The van der Waals surface area contributed by atoms with Gasteiger partial charge >= 0.3 is 6.09 Å². The Kier molecular flexibility index (Phi) is 10.2. The van der Waals surface area contributed by atoms with E-state index in [0.717, 1.165) is 33.2 Å². The quantitative estimate of drug-likeness (QED) is 0.155. The molecule has 2 N–H and O–H groups in total. The van der Waals surface area contributed by atoms with E-state index < -0.39 is 23.8 Å². The summed E-state index contributed by atoms with van der Waals surface area (Å²) in [6.07, 6.45) is 0.804. The maximum atomic E-state index is 13.6. The summed E-state index contributed by atoms with van der Waals surface area (Å²) in [6.45, 7) is 7.77. The van der Waals surface area contributed by atoms with Crippen LogP contribution in [-0.4, -0.2) is 81.2 Å². The molecule has 4 aromatic carbocycles. The molecule has 2 aromatic heterocycles. The fraction of sp³-hybridized carbons (Fsp3) is 0.333. The van der Waals surface area contributed by atoms with Crippen LogP contribution in [0.4, 0.5) is 4.79 Å². The highest BCUT2D eigenvalue weighted by Gasteiger charge is 2.36. The van der Waals surface area contributed by atoms with E-state index >= 15 is 0 Å². The highest BCUT2D eigenvalue weighted by molar-refractivity contribution is 5.97. The second-order valence-electron chi connectivity index (χ2n) is 14.5. The van der Waals surface area contributed by atoms with Crippen molar-refractivity contribution >= 4 is 28.1 Å². The molecule has 0 radical (unpaired) electrons. The largest absolute Gasteiger partial charge is 0.496 e. The summed E-state index contributed by atoms with van der Waals surface area (Å²) >= 11 is 0. The molecule has 6 aromatic rings. The summed E-state index contributed by atoms with van der Waals surface area (Å²) in [5, 5.41) is 36.0. The van der Waals surface area contributed by atoms with Crippen LogP contribution in [0, 0.1) is 18.3 Å². The first-order valence-electron chi connectivity index (χ1n) is 18.0. The van der Waals surface area contributed by atoms with Crippen molar-refractivity contribution < 1.29 is 38.4 Å². The summed E-state index contributed by atoms with van der Waals surface area (Å²) in [5.74, 6) is 1.31. The van der Waals surface area contributed by atoms with Gasteiger partial charge < -0.3 is 33.6 Å². The van der Waals surface area contributed by atoms with E-state index in [1.807, 2.05) is 66.3 Å². The van der Waals surface area contributed by atoms with E-state index in [1.54, 1.807) is 47.1 Å². The molecule has 284 valence electrons. The molecule has 2 atom stereocenters. The van der Waals surface area contributed by atoms with Gasteiger partial charge in [-0.3, -0.25) is 4.90 Å². The number of aliphatic hydroxyl groups excluding tert-OH is 2. The average molecular weight is 746 g/mol. The predicted molar refractivity (Wildman–Crippen MR) is 205 cm³/mol. The van der Waals surface area contributed by atoms with Gasteiger partial charge in [0.25, 0.3) is 0 Å². The zero-order valence-corrected chi connectivity index (χ0v) is 31.6. The monoisotopic (exact) mass is 745 g/mol. The van der Waals surface area contributed by atoms with Crippen LogP contribution in [0.1, 0.15) is 49.4 Å². The number of carbonyl (C=O) groups is 1. The van der Waals surface area contributed by atoms with Crippen LogP contribution >= 0.6 is 0 Å². The first-order valence-corrected chi connectivity index (χ1v) is 18.0. The molecule has 1 aliphatic rings. The lowest BCUT2D eigenvalue weighted by Gasteiger charge is -2.38. The molecule has 0 spiro atoms. The third-order valence-electron chi connectivity index (χ3n) is 9.81. The maximum absolute atomic E-state index is 13.6. The number of fused-ring (bicyclic) bond motifs is 2. The van der Waals surface area contributed by atoms with Gasteiger partial charge in [0.15, 0.2) is 5.58 Å². The molecular weight excluding hydrogens is 702 g/mol. The second-order valence-corrected chi connectivity index (χ2v) is 14.5. The summed E-state index contributed by atoms with van der Waals surface area (Å²) in [7, 11) is 3.11. The maximum Gasteiger partial charge on any atom is 0.410 e. The van der Waals surface area contributed by atoms with Gasteiger partial charge in [-0.2, -0.15) is 10.4 Å². The van der Waals surface area contributed by atoms with Gasteiger partial charge in [-0.25, -0.2) is 14.5 Å². The Morgan fingerprint density at radius 2 is 1.76 bits per heavy atom. The molecule has 3 heterocycles. The van der Waals surface area contributed by atoms with Crippen molar-refractivity contribution in [2.24, 2.45) is 0 Å². The van der Waals surface area contributed by atoms with Gasteiger partial charge in [-0.15, -0.1) is 0 Å². The van der Waals surface area contributed by atoms with E-state index in [9.17, 15) is 20.3 Å². The van der Waals surface area contributed by atoms with E-state index in [2.05, 4.69) is 6.07 Å². The number of rotatable bonds is 9. The van der Waals surface area contributed by atoms with Crippen molar-refractivity contribution in [1.82, 2.24) is 19.7 Å². The number of aromatic nitrogens is 3. The third-order valence-corrected chi connectivity index (χ3v) is 9.81. The molecule has 55 heavy (non-hydrogen) atoms. The van der Waals surface area contributed by atoms with Crippen LogP contribution in [-0.2, 0) is 22.6 Å². The smallest absolute Gasteiger partial charge is 0.410 e. The lowest BCUT2D eigenvalue weighted by atomic mass is 9.94. The number of nitriles is 1. The molecule has 1 amide bonds. The van der Waals surface area contributed by atoms with Gasteiger partial charge in [0.1, 0.15) is 28.7 Å². The SMILES string of the molecule is COc1cc(-n2ncc3c(-c4cccc(-c5nc6cc(CO)cc(C#N)c6o5)c4C)cccc32)cc(OC)c1CN(C(=O)OC(C)(C)C)[C@H]1CCOC[C@@H]1O. The molecular formula is C42H43N5O8. The molecule has 0 aliphatic carbocycles. The molecule has 1 saturated heterocycles. The molecule has 0 unspecified atom stereocenters. The lowest BCUT2D eigenvalue weighted by Crippen LogP contribution is -2.52. The molecule has 13 nitrogen and oxygen atoms in total. The number of nitrogens with zero attached hydrogens (tertiary/aromatic N) is 5. The number of oxazole rings is 1. The van der Waals surface area contributed by atoms with Crippen LogP contribution in [0.5, 0.6) is 11.5 Å². The molecule has 1 fully saturated rings. The Morgan fingerprint density at radius 3 is 2.44 bits per heavy atom. The number of hydrogen-bond acceptors (Lipinski definition) is 11. The summed E-state index contributed by atoms with van der Waals surface area (Å²) in [6, 6.07) is 20.5. The minimum atomic E-state index is -0.891. The predicted octanol–water partition coefficient (Wildman–Crippen LogP) is 7.08. The molecule has 0 saturated carbocycles. The Morgan fingerprint density at radius 1 is 1.05 bits per heavy atom. The fourth-order valence-electron chi connectivity index (χ4n) is 7.16. The molecule has 1 aliphatic heterocycles. The minimum absolute atomic E-state index is 0.0589. The first-order chi connectivity index (χ1) is 26.4. The van der Waals surface area contributed by atoms with E-state index in [0.29, 0.717) is 63.9 Å². The standard InChI is InChI=1S/C42H43N5O8/c1-24-28(9-7-10-29(24)40-45-33-16-25(22-48)15-26(19-43)39(33)54-40)30-11-8-12-34-31(30)20-44-47(34)27-17-37(51-5)32(38(18-27)52-6)21-46(41(50)55-42(2,3)4)35-13-14-53-23-36(35)49/h7-12,15-18,20,35-36,48-49H,13-14,21-23H2,1-6H3/t35-,36-/m0/s1. The van der Waals surface area contributed by atoms with Crippen molar-refractivity contribution in [2.45, 2.75) is 65.0 Å². The van der Waals surface area contributed by atoms with Crippen molar-refractivity contribution in [3.8, 4) is 45.8 Å². The number of methoxy groups -OCH3 is 2. The summed E-state index contributed by atoms with van der Waals surface area (Å²) in [5.41, 5.74) is 6.72. The highest BCUT2D eigenvalue weighted by Crippen LogP contribution is 2.39. The number of carbonyl (C=O) groups excluding carboxylic acids is 1. The Balaban J connectivity index is 1.27. The summed E-state index contributed by atoms with van der Waals surface area (Å²) < 4.78 is 31.0. The van der Waals surface area contributed by atoms with Crippen LogP contribution < -0.4 is 9.47 Å². The van der Waals surface area contributed by atoms with E-state index in [1.165, 1.54) is 4.90 Å². The first kappa shape index (κ1) is 37.4. The minimum Gasteiger partial charge on any atom is -0.496 e. The van der Waals surface area contributed by atoms with Crippen LogP contribution in [0.25, 0.3) is 50.3 Å².